The van der Waals surface area contributed by atoms with Crippen molar-refractivity contribution in [2.75, 3.05) is 0 Å². The van der Waals surface area contributed by atoms with Crippen LogP contribution in [0.1, 0.15) is 72.6 Å². The number of rotatable bonds is 2. The highest BCUT2D eigenvalue weighted by atomic mass is 19.1. The molecule has 0 spiro atoms. The van der Waals surface area contributed by atoms with Crippen molar-refractivity contribution in [3.63, 3.8) is 0 Å². The van der Waals surface area contributed by atoms with Crippen molar-refractivity contribution in [3.8, 4) is 0 Å². The largest absolute Gasteiger partial charge is 0.451 e. The lowest BCUT2D eigenvalue weighted by atomic mass is 9.44. The molecule has 0 amide bonds. The molecule has 4 rings (SSSR count). The smallest absolute Gasteiger partial charge is 0.303 e. The van der Waals surface area contributed by atoms with Crippen LogP contribution in [0.4, 0.5) is 4.39 Å². The maximum Gasteiger partial charge on any atom is 0.303 e. The molecule has 0 aromatic heterocycles. The zero-order valence-corrected chi connectivity index (χ0v) is 17.7. The first kappa shape index (κ1) is 20.7. The molecule has 0 aromatic carbocycles. The zero-order valence-electron chi connectivity index (χ0n) is 17.7. The maximum absolute atomic E-state index is 17.0. The summed E-state index contributed by atoms with van der Waals surface area (Å²) in [7, 11) is 0. The average Bonchev–Trinajstić information content (AvgIpc) is 2.90. The Balaban J connectivity index is 1.81. The van der Waals surface area contributed by atoms with Gasteiger partial charge in [-0.3, -0.25) is 14.4 Å². The summed E-state index contributed by atoms with van der Waals surface area (Å²) in [4.78, 5) is 36.6. The molecule has 5 nitrogen and oxygen atoms in total. The molecule has 3 fully saturated rings. The lowest BCUT2D eigenvalue weighted by Gasteiger charge is -2.63. The number of carbonyl (C=O) groups is 3. The predicted octanol–water partition coefficient (Wildman–Crippen LogP) is 3.47. The molecule has 7 atom stereocenters. The molecular formula is C23H31FO5. The third-order valence-corrected chi connectivity index (χ3v) is 9.05. The van der Waals surface area contributed by atoms with E-state index in [1.54, 1.807) is 6.08 Å². The fraction of sp³-hybridized carbons (Fsp3) is 0.783. The first-order chi connectivity index (χ1) is 13.4. The van der Waals surface area contributed by atoms with E-state index in [1.807, 2.05) is 13.8 Å². The van der Waals surface area contributed by atoms with Gasteiger partial charge in [0.25, 0.3) is 0 Å². The number of ketones is 2. The summed E-state index contributed by atoms with van der Waals surface area (Å²) in [5, 5.41) is 11.3. The molecule has 160 valence electrons. The Morgan fingerprint density at radius 2 is 1.83 bits per heavy atom. The molecule has 0 aromatic rings. The van der Waals surface area contributed by atoms with Crippen LogP contribution in [0.15, 0.2) is 11.6 Å². The molecule has 4 aliphatic rings. The molecule has 4 aliphatic carbocycles. The fourth-order valence-corrected chi connectivity index (χ4v) is 7.62. The van der Waals surface area contributed by atoms with Gasteiger partial charge in [-0.25, -0.2) is 4.39 Å². The Morgan fingerprint density at radius 1 is 1.14 bits per heavy atom. The Bertz CT molecular complexity index is 820. The number of halogens is 1. The minimum atomic E-state index is -1.86. The fourth-order valence-electron chi connectivity index (χ4n) is 7.62. The Kier molecular flexibility index (Phi) is 4.44. The normalized spacial score (nSPS) is 48.8. The van der Waals surface area contributed by atoms with Gasteiger partial charge in [0.05, 0.1) is 6.10 Å². The van der Waals surface area contributed by atoms with Crippen molar-refractivity contribution in [2.45, 2.75) is 90.0 Å². The zero-order chi connectivity index (χ0) is 21.4. The number of aliphatic hydroxyl groups excluding tert-OH is 1. The maximum atomic E-state index is 17.0. The quantitative estimate of drug-likeness (QED) is 0.710. The van der Waals surface area contributed by atoms with E-state index >= 15 is 4.39 Å². The summed E-state index contributed by atoms with van der Waals surface area (Å²) in [6.07, 6.45) is 3.15. The van der Waals surface area contributed by atoms with Crippen LogP contribution in [0.5, 0.6) is 0 Å². The molecule has 1 N–H and O–H groups in total. The second-order valence-corrected chi connectivity index (χ2v) is 10.1. The van der Waals surface area contributed by atoms with E-state index in [0.29, 0.717) is 32.1 Å². The van der Waals surface area contributed by atoms with Crippen LogP contribution in [0.25, 0.3) is 0 Å². The summed E-state index contributed by atoms with van der Waals surface area (Å²) >= 11 is 0. The van der Waals surface area contributed by atoms with Crippen LogP contribution in [0.2, 0.25) is 0 Å². The lowest BCUT2D eigenvalue weighted by Crippen LogP contribution is -2.69. The predicted molar refractivity (Wildman–Crippen MR) is 104 cm³/mol. The molecule has 6 heteroatoms. The van der Waals surface area contributed by atoms with Crippen molar-refractivity contribution < 1.29 is 28.6 Å². The van der Waals surface area contributed by atoms with Crippen molar-refractivity contribution in [1.82, 2.24) is 0 Å². The number of ether oxygens (including phenoxy) is 1. The van der Waals surface area contributed by atoms with E-state index in [0.717, 1.165) is 5.57 Å². The van der Waals surface area contributed by atoms with Crippen LogP contribution in [-0.4, -0.2) is 40.0 Å². The minimum absolute atomic E-state index is 0.0287. The summed E-state index contributed by atoms with van der Waals surface area (Å²) < 4.78 is 22.6. The Morgan fingerprint density at radius 3 is 2.45 bits per heavy atom. The number of aliphatic hydroxyl groups is 1. The van der Waals surface area contributed by atoms with Gasteiger partial charge in [-0.2, -0.15) is 0 Å². The van der Waals surface area contributed by atoms with Gasteiger partial charge < -0.3 is 9.84 Å². The van der Waals surface area contributed by atoms with Gasteiger partial charge >= 0.3 is 5.97 Å². The molecule has 3 saturated carbocycles. The first-order valence-electron chi connectivity index (χ1n) is 10.7. The third-order valence-electron chi connectivity index (χ3n) is 9.05. The highest BCUT2D eigenvalue weighted by molar-refractivity contribution is 5.92. The number of Topliss-reactive ketones (excluding diaryl/α,β-unsaturated/α-hetero) is 1. The van der Waals surface area contributed by atoms with Crippen LogP contribution in [0, 0.1) is 22.7 Å². The van der Waals surface area contributed by atoms with E-state index < -0.39 is 40.1 Å². The van der Waals surface area contributed by atoms with Crippen molar-refractivity contribution >= 4 is 17.5 Å². The van der Waals surface area contributed by atoms with Crippen LogP contribution >= 0.6 is 0 Å². The Labute approximate surface area is 171 Å². The third kappa shape index (κ3) is 2.38. The summed E-state index contributed by atoms with van der Waals surface area (Å²) in [6, 6.07) is 0. The van der Waals surface area contributed by atoms with Gasteiger partial charge in [-0.05, 0) is 57.4 Å². The molecule has 0 unspecified atom stereocenters. The standard InChI is InChI=1S/C23H31FO5/c1-13(25)22(29-14(2)26)10-8-17-18-6-5-15-11-16(27)7-9-20(15,3)23(18,24)19(28)12-21(17,22)4/h11,17-19,28H,5-10,12H2,1-4H3/t17-,18+,19-,20+,21-,22+,23-/m1/s1. The van der Waals surface area contributed by atoms with Crippen molar-refractivity contribution in [3.05, 3.63) is 11.6 Å². The van der Waals surface area contributed by atoms with E-state index in [-0.39, 0.29) is 30.3 Å². The summed E-state index contributed by atoms with van der Waals surface area (Å²) in [5.41, 5.74) is -4.05. The first-order valence-corrected chi connectivity index (χ1v) is 10.7. The Hall–Kier alpha value is -1.56. The van der Waals surface area contributed by atoms with Gasteiger partial charge in [0.15, 0.2) is 17.2 Å². The van der Waals surface area contributed by atoms with Crippen LogP contribution in [-0.2, 0) is 19.1 Å². The van der Waals surface area contributed by atoms with Gasteiger partial charge in [-0.1, -0.05) is 19.4 Å². The average molecular weight is 406 g/mol. The number of carbonyl (C=O) groups excluding carboxylic acids is 3. The SMILES string of the molecule is CC(=O)O[C@]1(C(C)=O)CC[C@@H]2[C@@H]3CCC4=CC(=O)CC[C@]4(C)[C@]3(F)[C@H](O)C[C@]21C. The number of fused-ring (bicyclic) bond motifs is 5. The molecular weight excluding hydrogens is 375 g/mol. The topological polar surface area (TPSA) is 80.7 Å². The van der Waals surface area contributed by atoms with Crippen LogP contribution in [0.3, 0.4) is 0 Å². The molecule has 0 aliphatic heterocycles. The van der Waals surface area contributed by atoms with E-state index in [4.69, 9.17) is 4.74 Å². The molecule has 0 heterocycles. The number of allylic oxidation sites excluding steroid dienone is 1. The highest BCUT2D eigenvalue weighted by Gasteiger charge is 2.75. The van der Waals surface area contributed by atoms with E-state index in [9.17, 15) is 19.5 Å². The number of hydrogen-bond acceptors (Lipinski definition) is 5. The molecule has 0 bridgehead atoms. The molecule has 0 radical (unpaired) electrons. The molecule has 0 saturated heterocycles. The van der Waals surface area contributed by atoms with Gasteiger partial charge in [0.1, 0.15) is 5.67 Å². The van der Waals surface area contributed by atoms with Gasteiger partial charge in [0, 0.05) is 30.1 Å². The van der Waals surface area contributed by atoms with Crippen LogP contribution < -0.4 is 0 Å². The second kappa shape index (κ2) is 6.22. The number of hydrogen-bond donors (Lipinski definition) is 1. The van der Waals surface area contributed by atoms with Gasteiger partial charge in [-0.15, -0.1) is 0 Å². The summed E-state index contributed by atoms with van der Waals surface area (Å²) in [5.74, 6) is -1.35. The number of alkyl halides is 1. The highest BCUT2D eigenvalue weighted by Crippen LogP contribution is 2.70. The number of esters is 1. The van der Waals surface area contributed by atoms with Gasteiger partial charge in [0.2, 0.25) is 0 Å². The minimum Gasteiger partial charge on any atom is -0.451 e. The van der Waals surface area contributed by atoms with E-state index in [2.05, 4.69) is 0 Å². The molecule has 29 heavy (non-hydrogen) atoms. The summed E-state index contributed by atoms with van der Waals surface area (Å²) in [6.45, 7) is 6.45. The lowest BCUT2D eigenvalue weighted by molar-refractivity contribution is -0.231. The van der Waals surface area contributed by atoms with E-state index in [1.165, 1.54) is 13.8 Å². The second-order valence-electron chi connectivity index (χ2n) is 10.1. The van der Waals surface area contributed by atoms with Crippen molar-refractivity contribution in [1.29, 1.82) is 0 Å². The monoisotopic (exact) mass is 406 g/mol. The van der Waals surface area contributed by atoms with Crippen molar-refractivity contribution in [2.24, 2.45) is 22.7 Å².